The summed E-state index contributed by atoms with van der Waals surface area (Å²) in [6.07, 6.45) is 1.00. The number of halogens is 1. The lowest BCUT2D eigenvalue weighted by Crippen LogP contribution is -2.41. The van der Waals surface area contributed by atoms with Crippen molar-refractivity contribution in [2.24, 2.45) is 5.92 Å². The second-order valence-electron chi connectivity index (χ2n) is 7.54. The van der Waals surface area contributed by atoms with Gasteiger partial charge < -0.3 is 5.32 Å². The van der Waals surface area contributed by atoms with E-state index in [-0.39, 0.29) is 11.7 Å². The van der Waals surface area contributed by atoms with Crippen molar-refractivity contribution in [3.8, 4) is 11.3 Å². The summed E-state index contributed by atoms with van der Waals surface area (Å²) in [6, 6.07) is 14.4. The SMILES string of the molecule is CNC(=O)C(C)(c1ccc(CC(C)C)cc1)c1nc(-c2ccc(F)cc2)cs1. The molecule has 1 atom stereocenters. The van der Waals surface area contributed by atoms with Crippen LogP contribution in [0.25, 0.3) is 11.3 Å². The molecule has 3 aromatic rings. The monoisotopic (exact) mass is 396 g/mol. The predicted octanol–water partition coefficient (Wildman–Crippen LogP) is 5.20. The van der Waals surface area contributed by atoms with Crippen LogP contribution in [0.2, 0.25) is 0 Å². The molecular weight excluding hydrogens is 371 g/mol. The predicted molar refractivity (Wildman–Crippen MR) is 113 cm³/mol. The molecule has 1 aromatic heterocycles. The summed E-state index contributed by atoms with van der Waals surface area (Å²) in [5.41, 5.74) is 2.83. The standard InChI is InChI=1S/C23H25FN2OS/c1-15(2)13-16-5-9-18(10-6-16)23(3,21(27)25-4)22-26-20(14-28-22)17-7-11-19(24)12-8-17/h5-12,14-15H,13H2,1-4H3,(H,25,27). The number of nitrogens with zero attached hydrogens (tertiary/aromatic N) is 1. The van der Waals surface area contributed by atoms with Crippen molar-refractivity contribution in [2.45, 2.75) is 32.6 Å². The molecule has 0 bridgehead atoms. The molecule has 28 heavy (non-hydrogen) atoms. The zero-order valence-corrected chi connectivity index (χ0v) is 17.4. The maximum Gasteiger partial charge on any atom is 0.237 e. The van der Waals surface area contributed by atoms with Crippen LogP contribution in [0.4, 0.5) is 4.39 Å². The van der Waals surface area contributed by atoms with Gasteiger partial charge in [-0.05, 0) is 54.7 Å². The Morgan fingerprint density at radius 3 is 2.36 bits per heavy atom. The first kappa shape index (κ1) is 20.2. The largest absolute Gasteiger partial charge is 0.358 e. The van der Waals surface area contributed by atoms with E-state index in [2.05, 4.69) is 31.3 Å². The maximum atomic E-state index is 13.2. The van der Waals surface area contributed by atoms with Crippen molar-refractivity contribution in [1.82, 2.24) is 10.3 Å². The molecule has 0 aliphatic rings. The fraction of sp³-hybridized carbons (Fsp3) is 0.304. The van der Waals surface area contributed by atoms with Crippen molar-refractivity contribution in [2.75, 3.05) is 7.05 Å². The average molecular weight is 397 g/mol. The number of carbonyl (C=O) groups excluding carboxylic acids is 1. The van der Waals surface area contributed by atoms with Crippen molar-refractivity contribution in [3.63, 3.8) is 0 Å². The minimum Gasteiger partial charge on any atom is -0.358 e. The lowest BCUT2D eigenvalue weighted by Gasteiger charge is -2.26. The van der Waals surface area contributed by atoms with Crippen molar-refractivity contribution in [1.29, 1.82) is 0 Å². The van der Waals surface area contributed by atoms with E-state index in [1.54, 1.807) is 19.2 Å². The fourth-order valence-corrected chi connectivity index (χ4v) is 4.31. The maximum absolute atomic E-state index is 13.2. The number of hydrogen-bond donors (Lipinski definition) is 1. The molecule has 0 saturated heterocycles. The van der Waals surface area contributed by atoms with Crippen molar-refractivity contribution in [3.05, 3.63) is 75.9 Å². The van der Waals surface area contributed by atoms with Crippen LogP contribution in [-0.2, 0) is 16.6 Å². The average Bonchev–Trinajstić information content (AvgIpc) is 3.18. The summed E-state index contributed by atoms with van der Waals surface area (Å²) in [4.78, 5) is 17.6. The summed E-state index contributed by atoms with van der Waals surface area (Å²) in [5.74, 6) is 0.188. The molecule has 0 saturated carbocycles. The van der Waals surface area contributed by atoms with Gasteiger partial charge in [0.1, 0.15) is 16.2 Å². The first-order chi connectivity index (χ1) is 13.3. The summed E-state index contributed by atoms with van der Waals surface area (Å²) < 4.78 is 13.2. The highest BCUT2D eigenvalue weighted by molar-refractivity contribution is 7.10. The molecule has 146 valence electrons. The number of aromatic nitrogens is 1. The lowest BCUT2D eigenvalue weighted by molar-refractivity contribution is -0.124. The number of carbonyl (C=O) groups is 1. The van der Waals surface area contributed by atoms with Crippen LogP contribution in [0.5, 0.6) is 0 Å². The Bertz CT molecular complexity index is 947. The first-order valence-electron chi connectivity index (χ1n) is 9.38. The number of hydrogen-bond acceptors (Lipinski definition) is 3. The molecule has 5 heteroatoms. The Morgan fingerprint density at radius 2 is 1.79 bits per heavy atom. The van der Waals surface area contributed by atoms with Crippen molar-refractivity contribution >= 4 is 17.2 Å². The van der Waals surface area contributed by atoms with Gasteiger partial charge in [0.25, 0.3) is 0 Å². The van der Waals surface area contributed by atoms with E-state index < -0.39 is 5.41 Å². The molecule has 1 heterocycles. The lowest BCUT2D eigenvalue weighted by atomic mass is 9.81. The second kappa shape index (κ2) is 8.23. The van der Waals surface area contributed by atoms with E-state index >= 15 is 0 Å². The number of nitrogens with one attached hydrogen (secondary N) is 1. The van der Waals surface area contributed by atoms with Gasteiger partial charge in [-0.1, -0.05) is 38.1 Å². The minimum atomic E-state index is -0.895. The molecule has 0 radical (unpaired) electrons. The quantitative estimate of drug-likeness (QED) is 0.622. The normalized spacial score (nSPS) is 13.4. The van der Waals surface area contributed by atoms with Crippen LogP contribution in [0.3, 0.4) is 0 Å². The van der Waals surface area contributed by atoms with Crippen LogP contribution in [0.15, 0.2) is 53.9 Å². The topological polar surface area (TPSA) is 42.0 Å². The van der Waals surface area contributed by atoms with Gasteiger partial charge in [0, 0.05) is 18.0 Å². The van der Waals surface area contributed by atoms with Gasteiger partial charge in [0.2, 0.25) is 5.91 Å². The van der Waals surface area contributed by atoms with Crippen LogP contribution in [0.1, 0.15) is 36.9 Å². The molecule has 0 spiro atoms. The molecule has 2 aromatic carbocycles. The Balaban J connectivity index is 2.00. The smallest absolute Gasteiger partial charge is 0.237 e. The van der Waals surface area contributed by atoms with Gasteiger partial charge in [0.05, 0.1) is 5.69 Å². The summed E-state index contributed by atoms with van der Waals surface area (Å²) in [7, 11) is 1.64. The van der Waals surface area contributed by atoms with Gasteiger partial charge in [-0.3, -0.25) is 4.79 Å². The number of amides is 1. The Hall–Kier alpha value is -2.53. The first-order valence-corrected chi connectivity index (χ1v) is 10.3. The third kappa shape index (κ3) is 3.99. The van der Waals surface area contributed by atoms with E-state index in [0.717, 1.165) is 23.2 Å². The van der Waals surface area contributed by atoms with Crippen LogP contribution in [0, 0.1) is 11.7 Å². The summed E-state index contributed by atoms with van der Waals surface area (Å²) >= 11 is 1.44. The number of likely N-dealkylation sites (N-methyl/N-ethyl adjacent to an activating group) is 1. The molecule has 3 rings (SSSR count). The van der Waals surface area contributed by atoms with Gasteiger partial charge in [-0.2, -0.15) is 0 Å². The number of benzene rings is 2. The Labute approximate surface area is 169 Å². The van der Waals surface area contributed by atoms with Gasteiger partial charge in [-0.15, -0.1) is 11.3 Å². The number of rotatable bonds is 6. The summed E-state index contributed by atoms with van der Waals surface area (Å²) in [5, 5.41) is 5.41. The van der Waals surface area contributed by atoms with E-state index in [4.69, 9.17) is 4.98 Å². The molecule has 1 amide bonds. The molecular formula is C23H25FN2OS. The third-order valence-corrected chi connectivity index (χ3v) is 5.99. The molecule has 1 N–H and O–H groups in total. The van der Waals surface area contributed by atoms with Crippen LogP contribution < -0.4 is 5.32 Å². The molecule has 0 aliphatic heterocycles. The molecule has 0 aliphatic carbocycles. The van der Waals surface area contributed by atoms with Gasteiger partial charge in [0.15, 0.2) is 0 Å². The Morgan fingerprint density at radius 1 is 1.14 bits per heavy atom. The second-order valence-corrected chi connectivity index (χ2v) is 8.40. The fourth-order valence-electron chi connectivity index (χ4n) is 3.30. The zero-order chi connectivity index (χ0) is 20.3. The Kier molecular flexibility index (Phi) is 5.94. The molecule has 3 nitrogen and oxygen atoms in total. The number of thiazole rings is 1. The highest BCUT2D eigenvalue weighted by atomic mass is 32.1. The third-order valence-electron chi connectivity index (χ3n) is 4.93. The van der Waals surface area contributed by atoms with E-state index in [1.165, 1.54) is 29.0 Å². The highest BCUT2D eigenvalue weighted by Gasteiger charge is 2.39. The van der Waals surface area contributed by atoms with Gasteiger partial charge in [-0.25, -0.2) is 9.37 Å². The molecule has 0 fully saturated rings. The van der Waals surface area contributed by atoms with Crippen LogP contribution in [-0.4, -0.2) is 17.9 Å². The van der Waals surface area contributed by atoms with Gasteiger partial charge >= 0.3 is 0 Å². The minimum absolute atomic E-state index is 0.107. The molecule has 1 unspecified atom stereocenters. The van der Waals surface area contributed by atoms with Crippen LogP contribution >= 0.6 is 11.3 Å². The van der Waals surface area contributed by atoms with Crippen molar-refractivity contribution < 1.29 is 9.18 Å². The summed E-state index contributed by atoms with van der Waals surface area (Å²) in [6.45, 7) is 6.28. The zero-order valence-electron chi connectivity index (χ0n) is 16.6. The highest BCUT2D eigenvalue weighted by Crippen LogP contribution is 2.36. The van der Waals surface area contributed by atoms with E-state index in [9.17, 15) is 9.18 Å². The van der Waals surface area contributed by atoms with E-state index in [0.29, 0.717) is 10.9 Å². The van der Waals surface area contributed by atoms with E-state index in [1.807, 2.05) is 24.4 Å².